The Labute approximate surface area is 122 Å². The molecular weight excluding hydrogens is 250 g/mol. The number of nitrogens with one attached hydrogen (secondary N) is 1. The summed E-state index contributed by atoms with van der Waals surface area (Å²) < 4.78 is 0. The fraction of sp³-hybridized carbons (Fsp3) is 0.733. The lowest BCUT2D eigenvalue weighted by atomic mass is 10.0. The average Bonchev–Trinajstić information content (AvgIpc) is 2.40. The van der Waals surface area contributed by atoms with E-state index in [4.69, 9.17) is 5.73 Å². The minimum absolute atomic E-state index is 0.674. The predicted molar refractivity (Wildman–Crippen MR) is 85.0 cm³/mol. The van der Waals surface area contributed by atoms with Gasteiger partial charge in [0, 0.05) is 19.6 Å². The zero-order valence-corrected chi connectivity index (χ0v) is 12.9. The Morgan fingerprint density at radius 1 is 1.45 bits per heavy atom. The standard InChI is InChI=1S/C15H27N5/c1-11(2)6-7-17-14-13(16)15(19-10-18-14)20-8-4-5-12(3)9-20/h10-12H,4-9,16H2,1-3H3,(H,17,18,19). The third-order valence-corrected chi connectivity index (χ3v) is 3.83. The van der Waals surface area contributed by atoms with E-state index >= 15 is 0 Å². The number of nitrogen functional groups attached to an aromatic ring is 1. The van der Waals surface area contributed by atoms with Crippen LogP contribution in [0.25, 0.3) is 0 Å². The molecule has 1 aliphatic rings. The van der Waals surface area contributed by atoms with Gasteiger partial charge in [0.15, 0.2) is 11.6 Å². The molecule has 1 saturated heterocycles. The summed E-state index contributed by atoms with van der Waals surface area (Å²) in [5, 5.41) is 3.33. The topological polar surface area (TPSA) is 67.1 Å². The second kappa shape index (κ2) is 6.77. The third-order valence-electron chi connectivity index (χ3n) is 3.83. The van der Waals surface area contributed by atoms with E-state index < -0.39 is 0 Å². The highest BCUT2D eigenvalue weighted by molar-refractivity contribution is 5.74. The second-order valence-corrected chi connectivity index (χ2v) is 6.26. The molecule has 5 heteroatoms. The van der Waals surface area contributed by atoms with Crippen LogP contribution in [-0.2, 0) is 0 Å². The van der Waals surface area contributed by atoms with Crippen molar-refractivity contribution in [2.75, 3.05) is 35.6 Å². The maximum atomic E-state index is 6.25. The SMILES string of the molecule is CC(C)CCNc1ncnc(N2CCCC(C)C2)c1N. The molecule has 0 saturated carbocycles. The molecule has 1 aromatic heterocycles. The molecule has 0 bridgehead atoms. The average molecular weight is 277 g/mol. The van der Waals surface area contributed by atoms with Crippen LogP contribution < -0.4 is 16.0 Å². The molecule has 112 valence electrons. The Morgan fingerprint density at radius 3 is 2.95 bits per heavy atom. The summed E-state index contributed by atoms with van der Waals surface area (Å²) >= 11 is 0. The van der Waals surface area contributed by atoms with Gasteiger partial charge in [-0.05, 0) is 31.1 Å². The van der Waals surface area contributed by atoms with Crippen molar-refractivity contribution in [2.24, 2.45) is 11.8 Å². The van der Waals surface area contributed by atoms with Gasteiger partial charge in [0.05, 0.1) is 0 Å². The van der Waals surface area contributed by atoms with Crippen molar-refractivity contribution in [3.8, 4) is 0 Å². The maximum Gasteiger partial charge on any atom is 0.157 e. The molecular formula is C15H27N5. The van der Waals surface area contributed by atoms with E-state index in [1.807, 2.05) is 0 Å². The van der Waals surface area contributed by atoms with Crippen molar-refractivity contribution in [2.45, 2.75) is 40.0 Å². The molecule has 1 unspecified atom stereocenters. The molecule has 1 aromatic rings. The molecule has 5 nitrogen and oxygen atoms in total. The number of anilines is 3. The molecule has 0 aromatic carbocycles. The third kappa shape index (κ3) is 3.74. The number of hydrogen-bond acceptors (Lipinski definition) is 5. The Hall–Kier alpha value is -1.52. The van der Waals surface area contributed by atoms with E-state index in [1.165, 1.54) is 12.8 Å². The summed E-state index contributed by atoms with van der Waals surface area (Å²) in [6, 6.07) is 0. The van der Waals surface area contributed by atoms with Crippen molar-refractivity contribution in [1.29, 1.82) is 0 Å². The molecule has 1 atom stereocenters. The normalized spacial score (nSPS) is 19.4. The second-order valence-electron chi connectivity index (χ2n) is 6.26. The van der Waals surface area contributed by atoms with Crippen molar-refractivity contribution in [3.05, 3.63) is 6.33 Å². The predicted octanol–water partition coefficient (Wildman–Crippen LogP) is 2.75. The molecule has 0 amide bonds. The lowest BCUT2D eigenvalue weighted by Crippen LogP contribution is -2.35. The Balaban J connectivity index is 2.06. The van der Waals surface area contributed by atoms with Gasteiger partial charge in [-0.2, -0.15) is 0 Å². The Bertz CT molecular complexity index is 432. The van der Waals surface area contributed by atoms with Gasteiger partial charge >= 0.3 is 0 Å². The number of rotatable bonds is 5. The quantitative estimate of drug-likeness (QED) is 0.866. The van der Waals surface area contributed by atoms with Crippen molar-refractivity contribution in [1.82, 2.24) is 9.97 Å². The largest absolute Gasteiger partial charge is 0.393 e. The molecule has 0 spiro atoms. The van der Waals surface area contributed by atoms with Gasteiger partial charge in [-0.3, -0.25) is 0 Å². The summed E-state index contributed by atoms with van der Waals surface area (Å²) in [6.45, 7) is 9.68. The number of aromatic nitrogens is 2. The van der Waals surface area contributed by atoms with Crippen molar-refractivity contribution < 1.29 is 0 Å². The summed E-state index contributed by atoms with van der Waals surface area (Å²) in [7, 11) is 0. The fourth-order valence-corrected chi connectivity index (χ4v) is 2.64. The first kappa shape index (κ1) is 14.9. The van der Waals surface area contributed by atoms with E-state index in [0.29, 0.717) is 17.5 Å². The highest BCUT2D eigenvalue weighted by Gasteiger charge is 2.20. The summed E-state index contributed by atoms with van der Waals surface area (Å²) in [5.41, 5.74) is 6.93. The number of piperidine rings is 1. The van der Waals surface area contributed by atoms with Crippen molar-refractivity contribution >= 4 is 17.3 Å². The zero-order valence-electron chi connectivity index (χ0n) is 12.9. The Morgan fingerprint density at radius 2 is 2.25 bits per heavy atom. The van der Waals surface area contributed by atoms with Crippen LogP contribution in [-0.4, -0.2) is 29.6 Å². The first-order chi connectivity index (χ1) is 9.58. The zero-order chi connectivity index (χ0) is 14.5. The number of nitrogens with zero attached hydrogens (tertiary/aromatic N) is 3. The van der Waals surface area contributed by atoms with Crippen LogP contribution in [0.1, 0.15) is 40.0 Å². The van der Waals surface area contributed by atoms with E-state index in [1.54, 1.807) is 6.33 Å². The van der Waals surface area contributed by atoms with Gasteiger partial charge in [0.25, 0.3) is 0 Å². The molecule has 0 radical (unpaired) electrons. The number of nitrogens with two attached hydrogens (primary N) is 1. The minimum atomic E-state index is 0.674. The molecule has 2 heterocycles. The van der Waals surface area contributed by atoms with Gasteiger partial charge in [0.2, 0.25) is 0 Å². The van der Waals surface area contributed by atoms with Gasteiger partial charge in [-0.15, -0.1) is 0 Å². The summed E-state index contributed by atoms with van der Waals surface area (Å²) in [5.74, 6) is 3.04. The first-order valence-electron chi connectivity index (χ1n) is 7.67. The van der Waals surface area contributed by atoms with Crippen LogP contribution in [0, 0.1) is 11.8 Å². The minimum Gasteiger partial charge on any atom is -0.393 e. The Kier molecular flexibility index (Phi) is 5.04. The summed E-state index contributed by atoms with van der Waals surface area (Å²) in [4.78, 5) is 11.0. The van der Waals surface area contributed by atoms with Crippen LogP contribution in [0.2, 0.25) is 0 Å². The maximum absolute atomic E-state index is 6.25. The van der Waals surface area contributed by atoms with Crippen LogP contribution in [0.15, 0.2) is 6.33 Å². The van der Waals surface area contributed by atoms with Gasteiger partial charge in [0.1, 0.15) is 12.0 Å². The van der Waals surface area contributed by atoms with Gasteiger partial charge < -0.3 is 16.0 Å². The van der Waals surface area contributed by atoms with Crippen molar-refractivity contribution in [3.63, 3.8) is 0 Å². The van der Waals surface area contributed by atoms with Gasteiger partial charge in [-0.25, -0.2) is 9.97 Å². The van der Waals surface area contributed by atoms with Gasteiger partial charge in [-0.1, -0.05) is 20.8 Å². The van der Waals surface area contributed by atoms with E-state index in [-0.39, 0.29) is 0 Å². The van der Waals surface area contributed by atoms with E-state index in [9.17, 15) is 0 Å². The molecule has 1 aliphatic heterocycles. The molecule has 1 fully saturated rings. The van der Waals surface area contributed by atoms with Crippen LogP contribution >= 0.6 is 0 Å². The molecule has 0 aliphatic carbocycles. The van der Waals surface area contributed by atoms with Crippen LogP contribution in [0.5, 0.6) is 0 Å². The van der Waals surface area contributed by atoms with E-state index in [2.05, 4.69) is 41.0 Å². The first-order valence-corrected chi connectivity index (χ1v) is 7.67. The van der Waals surface area contributed by atoms with Crippen LogP contribution in [0.4, 0.5) is 17.3 Å². The molecule has 20 heavy (non-hydrogen) atoms. The van der Waals surface area contributed by atoms with Crippen LogP contribution in [0.3, 0.4) is 0 Å². The van der Waals surface area contributed by atoms with E-state index in [0.717, 1.165) is 37.7 Å². The monoisotopic (exact) mass is 277 g/mol. The lowest BCUT2D eigenvalue weighted by Gasteiger charge is -2.32. The molecule has 3 N–H and O–H groups in total. The highest BCUT2D eigenvalue weighted by atomic mass is 15.2. The highest BCUT2D eigenvalue weighted by Crippen LogP contribution is 2.29. The lowest BCUT2D eigenvalue weighted by molar-refractivity contribution is 0.445. The number of hydrogen-bond donors (Lipinski definition) is 2. The smallest absolute Gasteiger partial charge is 0.157 e. The summed E-state index contributed by atoms with van der Waals surface area (Å²) in [6.07, 6.45) is 5.23. The fourth-order valence-electron chi connectivity index (χ4n) is 2.64. The molecule has 2 rings (SSSR count).